The minimum Gasteiger partial charge on any atom is -0.398 e. The van der Waals surface area contributed by atoms with Crippen LogP contribution in [0.5, 0.6) is 0 Å². The molecule has 19 heavy (non-hydrogen) atoms. The van der Waals surface area contributed by atoms with Crippen LogP contribution in [0.1, 0.15) is 26.7 Å². The molecule has 0 heterocycles. The molecule has 0 spiro atoms. The number of hydrogen-bond acceptors (Lipinski definition) is 3. The second-order valence-electron chi connectivity index (χ2n) is 5.38. The van der Waals surface area contributed by atoms with Gasteiger partial charge in [0.05, 0.1) is 5.69 Å². The summed E-state index contributed by atoms with van der Waals surface area (Å²) in [5, 5.41) is 0.443. The van der Waals surface area contributed by atoms with Crippen molar-refractivity contribution in [3.8, 4) is 0 Å². The van der Waals surface area contributed by atoms with E-state index in [-0.39, 0.29) is 22.5 Å². The van der Waals surface area contributed by atoms with Crippen LogP contribution in [0, 0.1) is 5.92 Å². The summed E-state index contributed by atoms with van der Waals surface area (Å²) >= 11 is 5.82. The predicted molar refractivity (Wildman–Crippen MR) is 77.6 cm³/mol. The van der Waals surface area contributed by atoms with Crippen LogP contribution in [0.3, 0.4) is 0 Å². The van der Waals surface area contributed by atoms with E-state index in [1.807, 2.05) is 13.8 Å². The maximum Gasteiger partial charge on any atom is 0.245 e. The molecule has 106 valence electrons. The van der Waals surface area contributed by atoms with Crippen LogP contribution in [-0.2, 0) is 10.0 Å². The summed E-state index contributed by atoms with van der Waals surface area (Å²) in [6.45, 7) is 4.54. The molecule has 0 atom stereocenters. The lowest BCUT2D eigenvalue weighted by molar-refractivity contribution is 0.360. The highest BCUT2D eigenvalue weighted by molar-refractivity contribution is 7.89. The number of anilines is 1. The van der Waals surface area contributed by atoms with Crippen LogP contribution in [0.2, 0.25) is 5.02 Å². The van der Waals surface area contributed by atoms with Gasteiger partial charge in [0.2, 0.25) is 10.0 Å². The first-order valence-electron chi connectivity index (χ1n) is 6.39. The van der Waals surface area contributed by atoms with Crippen molar-refractivity contribution in [1.29, 1.82) is 0 Å². The predicted octanol–water partition coefficient (Wildman–Crippen LogP) is 2.73. The van der Waals surface area contributed by atoms with Crippen molar-refractivity contribution in [3.05, 3.63) is 23.2 Å². The molecular weight excluding hydrogens is 284 g/mol. The quantitative estimate of drug-likeness (QED) is 0.851. The molecule has 6 heteroatoms. The lowest BCUT2D eigenvalue weighted by Crippen LogP contribution is -2.36. The van der Waals surface area contributed by atoms with E-state index in [1.165, 1.54) is 12.1 Å². The standard InChI is InChI=1S/C13H19ClN2O2S/c1-9(2)8-16(11-4-5-11)19(17,18)13-6-3-10(14)7-12(13)15/h3,6-7,9,11H,4-5,8,15H2,1-2H3. The van der Waals surface area contributed by atoms with Gasteiger partial charge in [-0.1, -0.05) is 25.4 Å². The van der Waals surface area contributed by atoms with Crippen LogP contribution >= 0.6 is 11.6 Å². The second-order valence-corrected chi connectivity index (χ2v) is 7.68. The van der Waals surface area contributed by atoms with Crippen molar-refractivity contribution in [2.24, 2.45) is 5.92 Å². The Bertz CT molecular complexity index is 568. The summed E-state index contributed by atoms with van der Waals surface area (Å²) < 4.78 is 26.9. The molecule has 1 saturated carbocycles. The van der Waals surface area contributed by atoms with Gasteiger partial charge in [-0.2, -0.15) is 4.31 Å². The molecule has 0 saturated heterocycles. The summed E-state index contributed by atoms with van der Waals surface area (Å²) in [6, 6.07) is 4.66. The molecule has 0 aliphatic heterocycles. The van der Waals surface area contributed by atoms with Crippen molar-refractivity contribution < 1.29 is 8.42 Å². The fraction of sp³-hybridized carbons (Fsp3) is 0.538. The molecule has 2 rings (SSSR count). The number of nitrogens with two attached hydrogens (primary N) is 1. The van der Waals surface area contributed by atoms with E-state index in [4.69, 9.17) is 17.3 Å². The van der Waals surface area contributed by atoms with Crippen LogP contribution in [-0.4, -0.2) is 25.3 Å². The number of sulfonamides is 1. The van der Waals surface area contributed by atoms with Gasteiger partial charge in [0.1, 0.15) is 4.90 Å². The Morgan fingerprint density at radius 3 is 2.53 bits per heavy atom. The summed E-state index contributed by atoms with van der Waals surface area (Å²) in [7, 11) is -3.53. The normalized spacial score (nSPS) is 16.3. The van der Waals surface area contributed by atoms with Gasteiger partial charge in [-0.3, -0.25) is 0 Å². The van der Waals surface area contributed by atoms with E-state index in [0.29, 0.717) is 11.6 Å². The van der Waals surface area contributed by atoms with Gasteiger partial charge in [0, 0.05) is 17.6 Å². The smallest absolute Gasteiger partial charge is 0.245 e. The first-order chi connectivity index (χ1) is 8.82. The van der Waals surface area contributed by atoms with Gasteiger partial charge in [0.25, 0.3) is 0 Å². The third-order valence-electron chi connectivity index (χ3n) is 3.06. The van der Waals surface area contributed by atoms with Crippen molar-refractivity contribution in [1.82, 2.24) is 4.31 Å². The topological polar surface area (TPSA) is 63.4 Å². The first-order valence-corrected chi connectivity index (χ1v) is 8.21. The highest BCUT2D eigenvalue weighted by atomic mass is 35.5. The average molecular weight is 303 g/mol. The van der Waals surface area contributed by atoms with Gasteiger partial charge < -0.3 is 5.73 Å². The molecule has 0 radical (unpaired) electrons. The molecule has 0 aromatic heterocycles. The molecule has 1 fully saturated rings. The molecule has 4 nitrogen and oxygen atoms in total. The Morgan fingerprint density at radius 1 is 1.42 bits per heavy atom. The fourth-order valence-corrected chi connectivity index (χ4v) is 4.17. The Balaban J connectivity index is 2.38. The number of nitrogen functional groups attached to an aromatic ring is 1. The van der Waals surface area contributed by atoms with Crippen LogP contribution in [0.4, 0.5) is 5.69 Å². The van der Waals surface area contributed by atoms with Crippen molar-refractivity contribution in [3.63, 3.8) is 0 Å². The number of hydrogen-bond donors (Lipinski definition) is 1. The Hall–Kier alpha value is -0.780. The van der Waals surface area contributed by atoms with Gasteiger partial charge in [-0.25, -0.2) is 8.42 Å². The van der Waals surface area contributed by atoms with Crippen molar-refractivity contribution in [2.45, 2.75) is 37.6 Å². The summed E-state index contributed by atoms with van der Waals surface area (Å²) in [5.41, 5.74) is 6.02. The zero-order chi connectivity index (χ0) is 14.2. The fourth-order valence-electron chi connectivity index (χ4n) is 2.05. The SMILES string of the molecule is CC(C)CN(C1CC1)S(=O)(=O)c1ccc(Cl)cc1N. The second kappa shape index (κ2) is 5.31. The van der Waals surface area contributed by atoms with Crippen LogP contribution < -0.4 is 5.73 Å². The largest absolute Gasteiger partial charge is 0.398 e. The maximum atomic E-state index is 12.7. The molecule has 0 unspecified atom stereocenters. The zero-order valence-electron chi connectivity index (χ0n) is 11.1. The molecule has 1 aliphatic carbocycles. The number of halogens is 1. The Kier molecular flexibility index (Phi) is 4.08. The van der Waals surface area contributed by atoms with E-state index in [1.54, 1.807) is 10.4 Å². The van der Waals surface area contributed by atoms with Gasteiger partial charge in [-0.05, 0) is 37.0 Å². The lowest BCUT2D eigenvalue weighted by Gasteiger charge is -2.24. The molecular formula is C13H19ClN2O2S. The first kappa shape index (κ1) is 14.6. The Labute approximate surface area is 119 Å². The van der Waals surface area contributed by atoms with Crippen LogP contribution in [0.25, 0.3) is 0 Å². The van der Waals surface area contributed by atoms with Crippen LogP contribution in [0.15, 0.2) is 23.1 Å². The van der Waals surface area contributed by atoms with Gasteiger partial charge >= 0.3 is 0 Å². The van der Waals surface area contributed by atoms with Crippen molar-refractivity contribution >= 4 is 27.3 Å². The van der Waals surface area contributed by atoms with E-state index < -0.39 is 10.0 Å². The highest BCUT2D eigenvalue weighted by Gasteiger charge is 2.38. The summed E-state index contributed by atoms with van der Waals surface area (Å²) in [4.78, 5) is 0.157. The number of benzene rings is 1. The van der Waals surface area contributed by atoms with E-state index in [0.717, 1.165) is 12.8 Å². The van der Waals surface area contributed by atoms with Crippen molar-refractivity contribution in [2.75, 3.05) is 12.3 Å². The average Bonchev–Trinajstić information content (AvgIpc) is 3.08. The molecule has 0 bridgehead atoms. The molecule has 1 aliphatic rings. The third-order valence-corrected chi connectivity index (χ3v) is 5.29. The summed E-state index contributed by atoms with van der Waals surface area (Å²) in [5.74, 6) is 0.281. The Morgan fingerprint density at radius 2 is 2.05 bits per heavy atom. The zero-order valence-corrected chi connectivity index (χ0v) is 12.7. The number of rotatable bonds is 5. The highest BCUT2D eigenvalue weighted by Crippen LogP contribution is 2.34. The lowest BCUT2D eigenvalue weighted by atomic mass is 10.2. The van der Waals surface area contributed by atoms with Gasteiger partial charge in [0.15, 0.2) is 0 Å². The van der Waals surface area contributed by atoms with E-state index >= 15 is 0 Å². The monoisotopic (exact) mass is 302 g/mol. The minimum atomic E-state index is -3.53. The third kappa shape index (κ3) is 3.22. The van der Waals surface area contributed by atoms with E-state index in [9.17, 15) is 8.42 Å². The number of nitrogens with zero attached hydrogens (tertiary/aromatic N) is 1. The minimum absolute atomic E-state index is 0.127. The maximum absolute atomic E-state index is 12.7. The van der Waals surface area contributed by atoms with E-state index in [2.05, 4.69) is 0 Å². The molecule has 1 aromatic carbocycles. The molecule has 0 amide bonds. The molecule has 1 aromatic rings. The van der Waals surface area contributed by atoms with Gasteiger partial charge in [-0.15, -0.1) is 0 Å². The summed E-state index contributed by atoms with van der Waals surface area (Å²) in [6.07, 6.45) is 1.86. The molecule has 2 N–H and O–H groups in total.